The third-order valence-electron chi connectivity index (χ3n) is 3.16. The smallest absolute Gasteiger partial charge is 0.311 e. The van der Waals surface area contributed by atoms with Gasteiger partial charge in [0.1, 0.15) is 5.15 Å². The molecule has 1 heterocycles. The lowest BCUT2D eigenvalue weighted by molar-refractivity contribution is -0.384. The lowest BCUT2D eigenvalue weighted by Crippen LogP contribution is -2.26. The molecule has 0 amide bonds. The lowest BCUT2D eigenvalue weighted by atomic mass is 9.95. The summed E-state index contributed by atoms with van der Waals surface area (Å²) in [5.74, 6) is 0.692. The number of aromatic nitrogens is 1. The van der Waals surface area contributed by atoms with Crippen LogP contribution in [0.1, 0.15) is 33.6 Å². The molecule has 1 unspecified atom stereocenters. The van der Waals surface area contributed by atoms with Gasteiger partial charge >= 0.3 is 5.69 Å². The first-order chi connectivity index (χ1) is 8.49. The van der Waals surface area contributed by atoms with Crippen molar-refractivity contribution in [3.63, 3.8) is 0 Å². The molecule has 0 aromatic carbocycles. The van der Waals surface area contributed by atoms with Gasteiger partial charge in [-0.05, 0) is 18.9 Å². The highest BCUT2D eigenvalue weighted by Gasteiger charge is 2.20. The molecule has 6 heteroatoms. The van der Waals surface area contributed by atoms with E-state index in [-0.39, 0.29) is 22.7 Å². The van der Waals surface area contributed by atoms with Crippen LogP contribution in [0.2, 0.25) is 5.15 Å². The molecule has 18 heavy (non-hydrogen) atoms. The summed E-state index contributed by atoms with van der Waals surface area (Å²) < 4.78 is 0. The molecule has 0 bridgehead atoms. The number of halogens is 1. The Morgan fingerprint density at radius 1 is 1.44 bits per heavy atom. The predicted molar refractivity (Wildman–Crippen MR) is 73.1 cm³/mol. The van der Waals surface area contributed by atoms with Crippen LogP contribution in [-0.2, 0) is 0 Å². The number of anilines is 1. The Kier molecular flexibility index (Phi) is 5.34. The summed E-state index contributed by atoms with van der Waals surface area (Å²) in [5, 5.41) is 14.3. The molecule has 0 aliphatic heterocycles. The van der Waals surface area contributed by atoms with Crippen LogP contribution in [0.3, 0.4) is 0 Å². The fourth-order valence-electron chi connectivity index (χ4n) is 2.01. The average Bonchev–Trinajstić information content (AvgIpc) is 2.30. The zero-order valence-electron chi connectivity index (χ0n) is 10.8. The number of rotatable bonds is 6. The maximum absolute atomic E-state index is 10.9. The molecule has 0 fully saturated rings. The van der Waals surface area contributed by atoms with Crippen molar-refractivity contribution in [3.8, 4) is 0 Å². The van der Waals surface area contributed by atoms with Crippen LogP contribution in [0.4, 0.5) is 11.5 Å². The summed E-state index contributed by atoms with van der Waals surface area (Å²) in [4.78, 5) is 14.5. The zero-order valence-corrected chi connectivity index (χ0v) is 11.6. The first-order valence-electron chi connectivity index (χ1n) is 6.07. The molecule has 0 saturated heterocycles. The van der Waals surface area contributed by atoms with Gasteiger partial charge in [-0.25, -0.2) is 4.98 Å². The van der Waals surface area contributed by atoms with Crippen LogP contribution in [0.5, 0.6) is 0 Å². The minimum Gasteiger partial charge on any atom is -0.362 e. The van der Waals surface area contributed by atoms with E-state index >= 15 is 0 Å². The van der Waals surface area contributed by atoms with Crippen LogP contribution in [-0.4, -0.2) is 15.9 Å². The van der Waals surface area contributed by atoms with Gasteiger partial charge in [0.25, 0.3) is 0 Å². The molecular weight excluding hydrogens is 254 g/mol. The van der Waals surface area contributed by atoms with Gasteiger partial charge in [0.15, 0.2) is 0 Å². The second-order valence-electron chi connectivity index (χ2n) is 4.27. The second kappa shape index (κ2) is 6.54. The molecule has 0 saturated carbocycles. The molecule has 1 atom stereocenters. The summed E-state index contributed by atoms with van der Waals surface area (Å²) in [5.41, 5.74) is -0.0443. The molecule has 0 radical (unpaired) electrons. The lowest BCUT2D eigenvalue weighted by Gasteiger charge is -2.22. The Labute approximate surface area is 112 Å². The van der Waals surface area contributed by atoms with E-state index in [1.54, 1.807) is 0 Å². The number of nitrogens with zero attached hydrogens (tertiary/aromatic N) is 2. The normalized spacial score (nSPS) is 12.5. The van der Waals surface area contributed by atoms with Gasteiger partial charge in [0, 0.05) is 12.1 Å². The van der Waals surface area contributed by atoms with Crippen molar-refractivity contribution in [3.05, 3.63) is 27.4 Å². The second-order valence-corrected chi connectivity index (χ2v) is 4.66. The van der Waals surface area contributed by atoms with Crippen LogP contribution in [0.25, 0.3) is 0 Å². The quantitative estimate of drug-likeness (QED) is 0.484. The Balaban J connectivity index is 2.95. The fourth-order valence-corrected chi connectivity index (χ4v) is 2.16. The highest BCUT2D eigenvalue weighted by molar-refractivity contribution is 6.29. The predicted octanol–water partition coefficient (Wildman–Crippen LogP) is 3.88. The number of nitro groups is 1. The average molecular weight is 272 g/mol. The summed E-state index contributed by atoms with van der Waals surface area (Å²) >= 11 is 5.78. The molecule has 1 aromatic rings. The van der Waals surface area contributed by atoms with E-state index in [1.165, 1.54) is 12.1 Å². The highest BCUT2D eigenvalue weighted by Crippen LogP contribution is 2.26. The van der Waals surface area contributed by atoms with Crippen LogP contribution in [0.15, 0.2) is 12.1 Å². The van der Waals surface area contributed by atoms with Crippen molar-refractivity contribution in [2.75, 3.05) is 5.32 Å². The first-order valence-corrected chi connectivity index (χ1v) is 6.44. The summed E-state index contributed by atoms with van der Waals surface area (Å²) in [7, 11) is 0. The number of nitrogens with one attached hydrogen (secondary N) is 1. The SMILES string of the molecule is CCC(CC)C(C)Nc1nc(Cl)ccc1[N+](=O)[O-]. The summed E-state index contributed by atoms with van der Waals surface area (Å²) in [6, 6.07) is 2.91. The molecule has 5 nitrogen and oxygen atoms in total. The largest absolute Gasteiger partial charge is 0.362 e. The number of pyridine rings is 1. The van der Waals surface area contributed by atoms with Crippen molar-refractivity contribution in [2.45, 2.75) is 39.7 Å². The molecule has 1 rings (SSSR count). The number of hydrogen-bond acceptors (Lipinski definition) is 4. The molecule has 0 aliphatic rings. The van der Waals surface area contributed by atoms with Crippen molar-refractivity contribution in [1.82, 2.24) is 4.98 Å². The van der Waals surface area contributed by atoms with Gasteiger partial charge in [-0.1, -0.05) is 38.3 Å². The van der Waals surface area contributed by atoms with Gasteiger partial charge in [-0.2, -0.15) is 0 Å². The van der Waals surface area contributed by atoms with E-state index in [1.807, 2.05) is 6.92 Å². The van der Waals surface area contributed by atoms with Gasteiger partial charge in [-0.3, -0.25) is 10.1 Å². The van der Waals surface area contributed by atoms with Crippen molar-refractivity contribution in [1.29, 1.82) is 0 Å². The van der Waals surface area contributed by atoms with Crippen molar-refractivity contribution < 1.29 is 4.92 Å². The number of hydrogen-bond donors (Lipinski definition) is 1. The van der Waals surface area contributed by atoms with E-state index in [2.05, 4.69) is 24.1 Å². The minimum atomic E-state index is -0.453. The third kappa shape index (κ3) is 3.57. The molecule has 1 aromatic heterocycles. The molecule has 0 spiro atoms. The molecule has 100 valence electrons. The molecule has 0 aliphatic carbocycles. The van der Waals surface area contributed by atoms with Gasteiger partial charge in [0.2, 0.25) is 5.82 Å². The Morgan fingerprint density at radius 2 is 2.06 bits per heavy atom. The summed E-state index contributed by atoms with van der Waals surface area (Å²) in [6.07, 6.45) is 2.03. The van der Waals surface area contributed by atoms with E-state index in [0.717, 1.165) is 12.8 Å². The van der Waals surface area contributed by atoms with Crippen LogP contribution in [0, 0.1) is 16.0 Å². The standard InChI is InChI=1S/C12H18ClN3O2/c1-4-9(5-2)8(3)14-12-10(16(17)18)6-7-11(13)15-12/h6-9H,4-5H2,1-3H3,(H,14,15). The zero-order chi connectivity index (χ0) is 13.7. The fraction of sp³-hybridized carbons (Fsp3) is 0.583. The van der Waals surface area contributed by atoms with Crippen LogP contribution >= 0.6 is 11.6 Å². The Bertz CT molecular complexity index is 422. The third-order valence-corrected chi connectivity index (χ3v) is 3.37. The topological polar surface area (TPSA) is 68.1 Å². The van der Waals surface area contributed by atoms with E-state index in [4.69, 9.17) is 11.6 Å². The highest BCUT2D eigenvalue weighted by atomic mass is 35.5. The van der Waals surface area contributed by atoms with Crippen LogP contribution < -0.4 is 5.32 Å². The minimum absolute atomic E-state index is 0.0443. The first kappa shape index (κ1) is 14.7. The Hall–Kier alpha value is -1.36. The monoisotopic (exact) mass is 271 g/mol. The summed E-state index contributed by atoms with van der Waals surface area (Å²) in [6.45, 7) is 6.21. The van der Waals surface area contributed by atoms with Crippen molar-refractivity contribution in [2.24, 2.45) is 5.92 Å². The maximum atomic E-state index is 10.9. The van der Waals surface area contributed by atoms with E-state index in [0.29, 0.717) is 5.92 Å². The van der Waals surface area contributed by atoms with Crippen molar-refractivity contribution >= 4 is 23.1 Å². The molecule has 1 N–H and O–H groups in total. The van der Waals surface area contributed by atoms with E-state index in [9.17, 15) is 10.1 Å². The van der Waals surface area contributed by atoms with Gasteiger partial charge in [-0.15, -0.1) is 0 Å². The molecular formula is C12H18ClN3O2. The Morgan fingerprint density at radius 3 is 2.56 bits per heavy atom. The van der Waals surface area contributed by atoms with Gasteiger partial charge < -0.3 is 5.32 Å². The van der Waals surface area contributed by atoms with E-state index < -0.39 is 4.92 Å². The van der Waals surface area contributed by atoms with Gasteiger partial charge in [0.05, 0.1) is 4.92 Å². The maximum Gasteiger partial charge on any atom is 0.311 e.